The van der Waals surface area contributed by atoms with Crippen LogP contribution in [0.4, 0.5) is 29.3 Å². The molecule has 160 valence electrons. The maximum atomic E-state index is 12.9. The second-order valence-corrected chi connectivity index (χ2v) is 7.97. The van der Waals surface area contributed by atoms with Crippen molar-refractivity contribution in [1.82, 2.24) is 9.88 Å². The van der Waals surface area contributed by atoms with Crippen molar-refractivity contribution in [3.63, 3.8) is 0 Å². The van der Waals surface area contributed by atoms with Gasteiger partial charge in [0.15, 0.2) is 0 Å². The van der Waals surface area contributed by atoms with Gasteiger partial charge in [0.2, 0.25) is 0 Å². The predicted molar refractivity (Wildman–Crippen MR) is 113 cm³/mol. The van der Waals surface area contributed by atoms with Gasteiger partial charge in [0.1, 0.15) is 6.54 Å². The van der Waals surface area contributed by atoms with Crippen molar-refractivity contribution in [3.05, 3.63) is 60.3 Å². The number of halogens is 3. The third kappa shape index (κ3) is 4.29. The number of benzene rings is 2. The van der Waals surface area contributed by atoms with E-state index >= 15 is 0 Å². The van der Waals surface area contributed by atoms with Gasteiger partial charge in [-0.2, -0.15) is 13.2 Å². The number of hydrogen-bond donors (Lipinski definition) is 1. The van der Waals surface area contributed by atoms with Crippen molar-refractivity contribution in [3.8, 4) is 0 Å². The number of carbonyl (C=O) groups is 2. The van der Waals surface area contributed by atoms with Gasteiger partial charge < -0.3 is 10.2 Å². The van der Waals surface area contributed by atoms with Gasteiger partial charge >= 0.3 is 11.5 Å². The van der Waals surface area contributed by atoms with Crippen LogP contribution in [0.1, 0.15) is 5.56 Å². The number of carbonyl (C=O) groups excluding carboxylic acids is 2. The molecule has 1 N–H and O–H groups in total. The van der Waals surface area contributed by atoms with Crippen LogP contribution in [-0.2, 0) is 11.3 Å². The van der Waals surface area contributed by atoms with Crippen LogP contribution in [0.15, 0.2) is 59.6 Å². The van der Waals surface area contributed by atoms with E-state index in [-0.39, 0.29) is 35.4 Å². The zero-order chi connectivity index (χ0) is 22.2. The largest absolute Gasteiger partial charge is 0.446 e. The summed E-state index contributed by atoms with van der Waals surface area (Å²) < 4.78 is 37.6. The van der Waals surface area contributed by atoms with Crippen LogP contribution in [0.3, 0.4) is 0 Å². The monoisotopic (exact) mass is 446 g/mol. The fourth-order valence-corrected chi connectivity index (χ4v) is 4.09. The highest BCUT2D eigenvalue weighted by molar-refractivity contribution is 8.00. The fourth-order valence-electron chi connectivity index (χ4n) is 3.55. The summed E-state index contributed by atoms with van der Waals surface area (Å²) in [5.41, 5.74) is -1.73. The van der Waals surface area contributed by atoms with E-state index < -0.39 is 17.4 Å². The van der Waals surface area contributed by atoms with Crippen LogP contribution in [0.5, 0.6) is 0 Å². The Kier molecular flexibility index (Phi) is 5.48. The topological polar surface area (TPSA) is 65.5 Å². The first kappa shape index (κ1) is 21.0. The number of alkyl halides is 3. The van der Waals surface area contributed by atoms with Crippen LogP contribution in [0.25, 0.3) is 10.9 Å². The Labute approximate surface area is 180 Å². The Morgan fingerprint density at radius 2 is 1.84 bits per heavy atom. The molecule has 1 fully saturated rings. The molecule has 1 aliphatic heterocycles. The van der Waals surface area contributed by atoms with Crippen molar-refractivity contribution >= 4 is 46.0 Å². The molecule has 0 saturated carbocycles. The molecule has 3 aromatic rings. The van der Waals surface area contributed by atoms with Gasteiger partial charge in [0, 0.05) is 35.8 Å². The standard InChI is InChI=1S/C21H17F3N4O2S/c1-25-16-3-2-4-17-19(16)13(9-10-26-17)11-27-12-18(29)28(20(27)30)14-5-7-15(8-6-14)31-21(22,23)24/h2-10,25H,11-12H2,1H3. The molecule has 0 spiro atoms. The second-order valence-electron chi connectivity index (χ2n) is 6.83. The van der Waals surface area contributed by atoms with Gasteiger partial charge in [0.05, 0.1) is 11.2 Å². The van der Waals surface area contributed by atoms with E-state index in [1.54, 1.807) is 19.3 Å². The summed E-state index contributed by atoms with van der Waals surface area (Å²) in [5.74, 6) is -0.437. The molecule has 31 heavy (non-hydrogen) atoms. The minimum Gasteiger partial charge on any atom is -0.388 e. The molecule has 2 aromatic carbocycles. The zero-order valence-electron chi connectivity index (χ0n) is 16.3. The molecule has 0 radical (unpaired) electrons. The van der Waals surface area contributed by atoms with E-state index in [1.165, 1.54) is 29.2 Å². The van der Waals surface area contributed by atoms with Crippen molar-refractivity contribution < 1.29 is 22.8 Å². The molecule has 6 nitrogen and oxygen atoms in total. The smallest absolute Gasteiger partial charge is 0.388 e. The molecule has 0 atom stereocenters. The lowest BCUT2D eigenvalue weighted by Gasteiger charge is -2.19. The van der Waals surface area contributed by atoms with E-state index in [1.807, 2.05) is 18.2 Å². The third-order valence-corrected chi connectivity index (χ3v) is 5.59. The number of amides is 3. The van der Waals surface area contributed by atoms with Gasteiger partial charge in [-0.1, -0.05) is 6.07 Å². The Hall–Kier alpha value is -3.27. The fraction of sp³-hybridized carbons (Fsp3) is 0.190. The average molecular weight is 446 g/mol. The van der Waals surface area contributed by atoms with Crippen molar-refractivity contribution in [1.29, 1.82) is 0 Å². The Balaban J connectivity index is 1.58. The summed E-state index contributed by atoms with van der Waals surface area (Å²) in [5, 5.41) is 3.97. The first-order chi connectivity index (χ1) is 14.8. The van der Waals surface area contributed by atoms with Crippen LogP contribution in [0.2, 0.25) is 0 Å². The van der Waals surface area contributed by atoms with Crippen molar-refractivity contribution in [2.45, 2.75) is 16.9 Å². The van der Waals surface area contributed by atoms with Gasteiger partial charge in [-0.05, 0) is 59.8 Å². The molecular weight excluding hydrogens is 429 g/mol. The third-order valence-electron chi connectivity index (χ3n) is 4.85. The first-order valence-electron chi connectivity index (χ1n) is 9.29. The van der Waals surface area contributed by atoms with Crippen LogP contribution in [-0.4, -0.2) is 40.9 Å². The van der Waals surface area contributed by atoms with Gasteiger partial charge in [0.25, 0.3) is 5.91 Å². The molecule has 1 saturated heterocycles. The Morgan fingerprint density at radius 1 is 1.10 bits per heavy atom. The number of imide groups is 1. The lowest BCUT2D eigenvalue weighted by atomic mass is 10.1. The number of aromatic nitrogens is 1. The highest BCUT2D eigenvalue weighted by Crippen LogP contribution is 2.37. The average Bonchev–Trinajstić information content (AvgIpc) is 3.00. The molecule has 1 aliphatic rings. The molecule has 2 heterocycles. The minimum absolute atomic E-state index is 0.0185. The van der Waals surface area contributed by atoms with Crippen LogP contribution < -0.4 is 10.2 Å². The summed E-state index contributed by atoms with van der Waals surface area (Å²) in [4.78, 5) is 32.2. The zero-order valence-corrected chi connectivity index (χ0v) is 17.1. The van der Waals surface area contributed by atoms with E-state index in [0.29, 0.717) is 0 Å². The number of pyridine rings is 1. The molecular formula is C21H17F3N4O2S. The number of nitrogens with one attached hydrogen (secondary N) is 1. The summed E-state index contributed by atoms with van der Waals surface area (Å²) in [6, 6.07) is 12.1. The number of nitrogens with zero attached hydrogens (tertiary/aromatic N) is 3. The highest BCUT2D eigenvalue weighted by Gasteiger charge is 2.37. The summed E-state index contributed by atoms with van der Waals surface area (Å²) >= 11 is -0.250. The number of urea groups is 1. The lowest BCUT2D eigenvalue weighted by molar-refractivity contribution is -0.116. The Morgan fingerprint density at radius 3 is 2.52 bits per heavy atom. The van der Waals surface area contributed by atoms with Crippen molar-refractivity contribution in [2.75, 3.05) is 23.8 Å². The number of fused-ring (bicyclic) bond motifs is 1. The molecule has 0 aliphatic carbocycles. The summed E-state index contributed by atoms with van der Waals surface area (Å²) in [6.45, 7) is 0.0736. The molecule has 10 heteroatoms. The molecule has 1 aromatic heterocycles. The normalized spacial score (nSPS) is 14.6. The number of rotatable bonds is 5. The van der Waals surface area contributed by atoms with Crippen molar-refractivity contribution in [2.24, 2.45) is 0 Å². The maximum Gasteiger partial charge on any atom is 0.446 e. The molecule has 4 rings (SSSR count). The molecule has 0 bridgehead atoms. The van der Waals surface area contributed by atoms with E-state index in [4.69, 9.17) is 0 Å². The number of hydrogen-bond acceptors (Lipinski definition) is 5. The lowest BCUT2D eigenvalue weighted by Crippen LogP contribution is -2.32. The van der Waals surface area contributed by atoms with Gasteiger partial charge in [-0.3, -0.25) is 9.78 Å². The first-order valence-corrected chi connectivity index (χ1v) is 10.1. The van der Waals surface area contributed by atoms with Crippen LogP contribution in [0, 0.1) is 0 Å². The quantitative estimate of drug-likeness (QED) is 0.448. The maximum absolute atomic E-state index is 12.9. The highest BCUT2D eigenvalue weighted by atomic mass is 32.2. The summed E-state index contributed by atoms with van der Waals surface area (Å²) in [6.07, 6.45) is 1.65. The minimum atomic E-state index is -4.41. The van der Waals surface area contributed by atoms with E-state index in [2.05, 4.69) is 10.3 Å². The van der Waals surface area contributed by atoms with E-state index in [0.717, 1.165) is 27.1 Å². The van der Waals surface area contributed by atoms with Gasteiger partial charge in [-0.25, -0.2) is 9.69 Å². The molecule has 0 unspecified atom stereocenters. The second kappa shape index (κ2) is 8.10. The SMILES string of the molecule is CNc1cccc2nccc(CN3CC(=O)N(c4ccc(SC(F)(F)F)cc4)C3=O)c12. The Bertz CT molecular complexity index is 1150. The van der Waals surface area contributed by atoms with Crippen LogP contribution >= 0.6 is 11.8 Å². The van der Waals surface area contributed by atoms with Gasteiger partial charge in [-0.15, -0.1) is 0 Å². The number of thioether (sulfide) groups is 1. The summed E-state index contributed by atoms with van der Waals surface area (Å²) in [7, 11) is 1.79. The van der Waals surface area contributed by atoms with E-state index in [9.17, 15) is 22.8 Å². The predicted octanol–water partition coefficient (Wildman–Crippen LogP) is 4.86. The molecule has 3 amide bonds. The number of anilines is 2.